The van der Waals surface area contributed by atoms with Crippen LogP contribution >= 0.6 is 0 Å². The van der Waals surface area contributed by atoms with Crippen LogP contribution in [0, 0.1) is 0 Å². The topological polar surface area (TPSA) is 83.0 Å². The predicted molar refractivity (Wildman–Crippen MR) is 159 cm³/mol. The largest absolute Gasteiger partial charge is 0.508 e. The predicted octanol–water partition coefficient (Wildman–Crippen LogP) is 4.80. The molecule has 2 bridgehead atoms. The molecule has 8 heteroatoms. The zero-order valence-electron chi connectivity index (χ0n) is 22.8. The van der Waals surface area contributed by atoms with Crippen LogP contribution in [-0.4, -0.2) is 78.2 Å². The van der Waals surface area contributed by atoms with Crippen LogP contribution in [0.15, 0.2) is 55.1 Å². The molecule has 3 aliphatic rings. The summed E-state index contributed by atoms with van der Waals surface area (Å²) in [5.74, 6) is 1.08. The average Bonchev–Trinajstić information content (AvgIpc) is 3.48. The van der Waals surface area contributed by atoms with Gasteiger partial charge in [-0.1, -0.05) is 43.0 Å². The number of fused-ring (bicyclic) bond motifs is 4. The van der Waals surface area contributed by atoms with Crippen molar-refractivity contribution in [3.05, 3.63) is 60.7 Å². The maximum atomic E-state index is 10.6. The number of hydrogen-bond donors (Lipinski definition) is 2. The molecule has 40 heavy (non-hydrogen) atoms. The Morgan fingerprint density at radius 1 is 1.12 bits per heavy atom. The van der Waals surface area contributed by atoms with E-state index < -0.39 is 0 Å². The van der Waals surface area contributed by atoms with Crippen LogP contribution in [0.5, 0.6) is 11.8 Å². The standard InChI is InChI=1S/C32H35N5O3/c1-3-24-26(28-16-23(38)15-20-7-4-5-9-25(20)28)10-11-27-30(24)34-32(40-14-12-21-8-6-13-36(21)2)35-31(27)37-22-17-33-29(37)19-39-18-22/h3-5,7,9-11,15-16,21-22,29,33,38H,1,6,8,12-14,17-19H2,2H3/t21-,22?,29?/m0/s1. The summed E-state index contributed by atoms with van der Waals surface area (Å²) in [6.07, 6.45) is 5.30. The van der Waals surface area contributed by atoms with E-state index in [0.717, 1.165) is 63.7 Å². The number of phenolic OH excluding ortho intramolecular Hbond substituents is 1. The SMILES string of the molecule is C=Cc1c(-c2cc(O)cc3ccccc23)ccc2c(N3C4CNC3COC4)nc(OCC[C@@H]3CCCN3C)nc12. The van der Waals surface area contributed by atoms with Gasteiger partial charge in [0, 0.05) is 23.5 Å². The molecule has 3 fully saturated rings. The second-order valence-corrected chi connectivity index (χ2v) is 11.1. The molecule has 2 N–H and O–H groups in total. The second-order valence-electron chi connectivity index (χ2n) is 11.1. The van der Waals surface area contributed by atoms with Crippen molar-refractivity contribution in [3.8, 4) is 22.9 Å². The molecule has 4 aromatic rings. The number of ether oxygens (including phenoxy) is 2. The summed E-state index contributed by atoms with van der Waals surface area (Å²) in [4.78, 5) is 14.7. The van der Waals surface area contributed by atoms with Crippen LogP contribution in [0.3, 0.4) is 0 Å². The molecule has 3 aliphatic heterocycles. The number of hydrogen-bond acceptors (Lipinski definition) is 8. The number of anilines is 1. The van der Waals surface area contributed by atoms with E-state index in [2.05, 4.69) is 46.9 Å². The molecule has 2 unspecified atom stereocenters. The molecule has 0 aliphatic carbocycles. The third-order valence-electron chi connectivity index (χ3n) is 8.71. The number of morpholine rings is 1. The van der Waals surface area contributed by atoms with Gasteiger partial charge in [-0.3, -0.25) is 5.32 Å². The minimum Gasteiger partial charge on any atom is -0.508 e. The molecule has 1 aromatic heterocycles. The molecule has 8 nitrogen and oxygen atoms in total. The first-order valence-electron chi connectivity index (χ1n) is 14.2. The summed E-state index contributed by atoms with van der Waals surface area (Å²) in [5.41, 5.74) is 3.59. The van der Waals surface area contributed by atoms with Crippen LogP contribution in [0.1, 0.15) is 24.8 Å². The van der Waals surface area contributed by atoms with E-state index in [1.165, 1.54) is 12.8 Å². The molecule has 4 heterocycles. The van der Waals surface area contributed by atoms with Crippen LogP contribution in [0.25, 0.3) is 38.9 Å². The minimum atomic E-state index is 0.0544. The van der Waals surface area contributed by atoms with E-state index in [9.17, 15) is 5.11 Å². The molecule has 0 radical (unpaired) electrons. The van der Waals surface area contributed by atoms with E-state index in [4.69, 9.17) is 19.4 Å². The number of nitrogens with one attached hydrogen (secondary N) is 1. The van der Waals surface area contributed by atoms with Crippen LogP contribution in [0.4, 0.5) is 5.82 Å². The Hall–Kier alpha value is -3.72. The van der Waals surface area contributed by atoms with Crippen molar-refractivity contribution in [2.75, 3.05) is 44.9 Å². The molecule has 3 aromatic carbocycles. The van der Waals surface area contributed by atoms with Crippen molar-refractivity contribution in [1.82, 2.24) is 20.2 Å². The van der Waals surface area contributed by atoms with Gasteiger partial charge in [-0.25, -0.2) is 0 Å². The Labute approximate surface area is 234 Å². The molecular formula is C32H35N5O3. The van der Waals surface area contributed by atoms with Crippen molar-refractivity contribution >= 4 is 33.6 Å². The Bertz CT molecular complexity index is 1570. The Morgan fingerprint density at radius 3 is 2.85 bits per heavy atom. The molecular weight excluding hydrogens is 502 g/mol. The molecule has 3 saturated heterocycles. The lowest BCUT2D eigenvalue weighted by Crippen LogP contribution is -2.49. The summed E-state index contributed by atoms with van der Waals surface area (Å²) < 4.78 is 12.1. The van der Waals surface area contributed by atoms with Gasteiger partial charge in [0.25, 0.3) is 0 Å². The highest BCUT2D eigenvalue weighted by atomic mass is 16.5. The normalized spacial score (nSPS) is 22.8. The summed E-state index contributed by atoms with van der Waals surface area (Å²) in [6, 6.07) is 17.0. The fourth-order valence-electron chi connectivity index (χ4n) is 6.67. The smallest absolute Gasteiger partial charge is 0.318 e. The number of likely N-dealkylation sites (tertiary alicyclic amines) is 1. The fourth-order valence-corrected chi connectivity index (χ4v) is 6.67. The van der Waals surface area contributed by atoms with Crippen molar-refractivity contribution in [1.29, 1.82) is 0 Å². The van der Waals surface area contributed by atoms with Crippen molar-refractivity contribution in [2.45, 2.75) is 37.5 Å². The zero-order valence-corrected chi connectivity index (χ0v) is 22.8. The van der Waals surface area contributed by atoms with Gasteiger partial charge in [0.2, 0.25) is 0 Å². The quantitative estimate of drug-likeness (QED) is 0.348. The summed E-state index contributed by atoms with van der Waals surface area (Å²) >= 11 is 0. The van der Waals surface area contributed by atoms with Gasteiger partial charge in [0.15, 0.2) is 0 Å². The number of aromatic hydroxyl groups is 1. The molecule has 3 atom stereocenters. The highest BCUT2D eigenvalue weighted by Crippen LogP contribution is 2.40. The van der Waals surface area contributed by atoms with Gasteiger partial charge < -0.3 is 24.4 Å². The number of nitrogens with zero attached hydrogens (tertiary/aromatic N) is 4. The van der Waals surface area contributed by atoms with Crippen molar-refractivity contribution < 1.29 is 14.6 Å². The molecule has 0 amide bonds. The third-order valence-corrected chi connectivity index (χ3v) is 8.71. The highest BCUT2D eigenvalue weighted by Gasteiger charge is 2.39. The summed E-state index contributed by atoms with van der Waals surface area (Å²) in [7, 11) is 2.19. The van der Waals surface area contributed by atoms with Gasteiger partial charge in [-0.2, -0.15) is 9.97 Å². The second kappa shape index (κ2) is 10.4. The average molecular weight is 538 g/mol. The van der Waals surface area contributed by atoms with Crippen molar-refractivity contribution in [2.24, 2.45) is 0 Å². The molecule has 0 spiro atoms. The highest BCUT2D eigenvalue weighted by molar-refractivity contribution is 6.05. The minimum absolute atomic E-state index is 0.0544. The Morgan fingerprint density at radius 2 is 2.02 bits per heavy atom. The van der Waals surface area contributed by atoms with Gasteiger partial charge >= 0.3 is 6.01 Å². The van der Waals surface area contributed by atoms with Crippen molar-refractivity contribution in [3.63, 3.8) is 0 Å². The van der Waals surface area contributed by atoms with Crippen LogP contribution in [-0.2, 0) is 4.74 Å². The zero-order chi connectivity index (χ0) is 27.2. The van der Waals surface area contributed by atoms with Crippen LogP contribution in [0.2, 0.25) is 0 Å². The summed E-state index contributed by atoms with van der Waals surface area (Å²) in [5, 5.41) is 17.1. The van der Waals surface area contributed by atoms with E-state index in [1.54, 1.807) is 6.07 Å². The summed E-state index contributed by atoms with van der Waals surface area (Å²) in [6.45, 7) is 8.01. The lowest BCUT2D eigenvalue weighted by Gasteiger charge is -2.35. The number of rotatable bonds is 7. The Kier molecular flexibility index (Phi) is 6.54. The first-order chi connectivity index (χ1) is 19.6. The lowest BCUT2D eigenvalue weighted by atomic mass is 9.92. The van der Waals surface area contributed by atoms with E-state index in [0.29, 0.717) is 31.9 Å². The third kappa shape index (κ3) is 4.36. The number of phenols is 1. The van der Waals surface area contributed by atoms with Gasteiger partial charge in [0.05, 0.1) is 31.4 Å². The van der Waals surface area contributed by atoms with E-state index in [1.807, 2.05) is 30.3 Å². The first-order valence-corrected chi connectivity index (χ1v) is 14.2. The Balaban J connectivity index is 1.36. The maximum Gasteiger partial charge on any atom is 0.318 e. The first kappa shape index (κ1) is 25.3. The molecule has 0 saturated carbocycles. The maximum absolute atomic E-state index is 10.6. The van der Waals surface area contributed by atoms with Gasteiger partial charge in [-0.15, -0.1) is 0 Å². The van der Waals surface area contributed by atoms with Gasteiger partial charge in [0.1, 0.15) is 17.7 Å². The van der Waals surface area contributed by atoms with E-state index in [-0.39, 0.29) is 18.0 Å². The monoisotopic (exact) mass is 537 g/mol. The van der Waals surface area contributed by atoms with Gasteiger partial charge in [-0.05, 0) is 73.0 Å². The number of aromatic nitrogens is 2. The molecule has 206 valence electrons. The lowest BCUT2D eigenvalue weighted by molar-refractivity contribution is 0.0889. The molecule has 7 rings (SSSR count). The van der Waals surface area contributed by atoms with E-state index >= 15 is 0 Å². The number of benzene rings is 3. The van der Waals surface area contributed by atoms with Crippen LogP contribution < -0.4 is 15.0 Å². The fraction of sp³-hybridized carbons (Fsp3) is 0.375.